The van der Waals surface area contributed by atoms with Crippen LogP contribution in [0.1, 0.15) is 10.4 Å². The summed E-state index contributed by atoms with van der Waals surface area (Å²) < 4.78 is 5.72. The fourth-order valence-corrected chi connectivity index (χ4v) is 2.93. The number of aromatic nitrogens is 1. The van der Waals surface area contributed by atoms with E-state index in [2.05, 4.69) is 22.4 Å². The lowest BCUT2D eigenvalue weighted by Crippen LogP contribution is -2.11. The molecule has 126 valence electrons. The van der Waals surface area contributed by atoms with Crippen LogP contribution in [0.5, 0.6) is 5.75 Å². The number of carbonyl (C=O) groups excluding carboxylic acids is 1. The van der Waals surface area contributed by atoms with E-state index in [1.807, 2.05) is 30.3 Å². The molecule has 5 heteroatoms. The van der Waals surface area contributed by atoms with E-state index in [9.17, 15) is 4.79 Å². The fraction of sp³-hybridized carbons (Fsp3) is 0.100. The van der Waals surface area contributed by atoms with E-state index in [-0.39, 0.29) is 5.91 Å². The van der Waals surface area contributed by atoms with Gasteiger partial charge >= 0.3 is 0 Å². The highest BCUT2D eigenvalue weighted by molar-refractivity contribution is 7.99. The Bertz CT molecular complexity index is 793. The Morgan fingerprint density at radius 3 is 2.52 bits per heavy atom. The molecule has 0 fully saturated rings. The highest BCUT2D eigenvalue weighted by Crippen LogP contribution is 2.18. The summed E-state index contributed by atoms with van der Waals surface area (Å²) in [6, 6.07) is 20.9. The molecule has 3 rings (SSSR count). The van der Waals surface area contributed by atoms with Crippen LogP contribution < -0.4 is 10.1 Å². The molecule has 25 heavy (non-hydrogen) atoms. The van der Waals surface area contributed by atoms with Crippen molar-refractivity contribution >= 4 is 23.4 Å². The van der Waals surface area contributed by atoms with Crippen LogP contribution >= 0.6 is 11.8 Å². The highest BCUT2D eigenvalue weighted by Gasteiger charge is 2.06. The van der Waals surface area contributed by atoms with E-state index in [4.69, 9.17) is 4.74 Å². The maximum absolute atomic E-state index is 12.2. The van der Waals surface area contributed by atoms with Crippen LogP contribution in [0.4, 0.5) is 5.69 Å². The minimum Gasteiger partial charge on any atom is -0.493 e. The first kappa shape index (κ1) is 17.0. The number of carbonyl (C=O) groups is 1. The van der Waals surface area contributed by atoms with Gasteiger partial charge in [0.05, 0.1) is 18.5 Å². The van der Waals surface area contributed by atoms with Crippen LogP contribution in [0.25, 0.3) is 0 Å². The van der Waals surface area contributed by atoms with Crippen LogP contribution in [-0.4, -0.2) is 23.3 Å². The summed E-state index contributed by atoms with van der Waals surface area (Å²) in [5, 5.41) is 2.80. The van der Waals surface area contributed by atoms with E-state index < -0.39 is 0 Å². The number of benzene rings is 2. The van der Waals surface area contributed by atoms with Gasteiger partial charge in [-0.1, -0.05) is 18.2 Å². The van der Waals surface area contributed by atoms with Crippen LogP contribution in [0.3, 0.4) is 0 Å². The first-order chi connectivity index (χ1) is 12.3. The summed E-state index contributed by atoms with van der Waals surface area (Å²) in [5.74, 6) is 1.46. The second-order valence-corrected chi connectivity index (χ2v) is 6.40. The van der Waals surface area contributed by atoms with E-state index >= 15 is 0 Å². The Balaban J connectivity index is 1.46. The molecule has 0 spiro atoms. The van der Waals surface area contributed by atoms with Crippen LogP contribution in [-0.2, 0) is 0 Å². The Morgan fingerprint density at radius 1 is 1.00 bits per heavy atom. The molecule has 0 atom stereocenters. The van der Waals surface area contributed by atoms with Gasteiger partial charge < -0.3 is 10.1 Å². The van der Waals surface area contributed by atoms with Gasteiger partial charge in [-0.3, -0.25) is 9.78 Å². The Hall–Kier alpha value is -2.79. The third kappa shape index (κ3) is 5.36. The molecule has 0 saturated heterocycles. The lowest BCUT2D eigenvalue weighted by atomic mass is 10.2. The van der Waals surface area contributed by atoms with Gasteiger partial charge in [-0.25, -0.2) is 0 Å². The van der Waals surface area contributed by atoms with Gasteiger partial charge in [0.25, 0.3) is 5.91 Å². The van der Waals surface area contributed by atoms with Crippen molar-refractivity contribution in [3.63, 3.8) is 0 Å². The zero-order valence-corrected chi connectivity index (χ0v) is 14.4. The van der Waals surface area contributed by atoms with Crippen molar-refractivity contribution < 1.29 is 9.53 Å². The summed E-state index contributed by atoms with van der Waals surface area (Å²) in [5.41, 5.74) is 1.25. The van der Waals surface area contributed by atoms with Gasteiger partial charge in [0.15, 0.2) is 0 Å². The van der Waals surface area contributed by atoms with Crippen molar-refractivity contribution in [1.82, 2.24) is 4.98 Å². The molecule has 0 aliphatic heterocycles. The van der Waals surface area contributed by atoms with Crippen molar-refractivity contribution in [1.29, 1.82) is 0 Å². The first-order valence-corrected chi connectivity index (χ1v) is 8.92. The normalized spacial score (nSPS) is 10.2. The van der Waals surface area contributed by atoms with Gasteiger partial charge in [0, 0.05) is 22.4 Å². The number of hydrogen-bond acceptors (Lipinski definition) is 4. The molecule has 1 amide bonds. The van der Waals surface area contributed by atoms with Crippen LogP contribution in [0, 0.1) is 0 Å². The molecular formula is C20H18N2O2S. The molecule has 0 saturated carbocycles. The summed E-state index contributed by atoms with van der Waals surface area (Å²) in [6.07, 6.45) is 3.28. The van der Waals surface area contributed by atoms with Gasteiger partial charge in [0.2, 0.25) is 0 Å². The van der Waals surface area contributed by atoms with Crippen molar-refractivity contribution in [3.8, 4) is 5.75 Å². The molecule has 2 aromatic carbocycles. The fourth-order valence-electron chi connectivity index (χ4n) is 2.18. The molecule has 3 aromatic rings. The van der Waals surface area contributed by atoms with Gasteiger partial charge in [-0.15, -0.1) is 11.8 Å². The standard InChI is InChI=1S/C20H18N2O2S/c23-20(22-17-5-4-12-21-15-17)16-8-10-18(11-9-16)24-13-14-25-19-6-2-1-3-7-19/h1-12,15H,13-14H2,(H,22,23). The molecule has 4 nitrogen and oxygen atoms in total. The van der Waals surface area contributed by atoms with Crippen LogP contribution in [0.15, 0.2) is 84.0 Å². The number of anilines is 1. The predicted molar refractivity (Wildman–Crippen MR) is 101 cm³/mol. The third-order valence-electron chi connectivity index (χ3n) is 3.40. The topological polar surface area (TPSA) is 51.2 Å². The van der Waals surface area contributed by atoms with Crippen molar-refractivity contribution in [2.45, 2.75) is 4.90 Å². The molecule has 0 aliphatic carbocycles. The second-order valence-electron chi connectivity index (χ2n) is 5.23. The number of ether oxygens (including phenoxy) is 1. The zero-order chi connectivity index (χ0) is 17.3. The van der Waals surface area contributed by atoms with Gasteiger partial charge in [0.1, 0.15) is 5.75 Å². The molecular weight excluding hydrogens is 332 g/mol. The SMILES string of the molecule is O=C(Nc1cccnc1)c1ccc(OCCSc2ccccc2)cc1. The molecule has 0 bridgehead atoms. The van der Waals surface area contributed by atoms with E-state index in [1.165, 1.54) is 4.90 Å². The number of nitrogens with one attached hydrogen (secondary N) is 1. The summed E-state index contributed by atoms with van der Waals surface area (Å²) in [4.78, 5) is 17.4. The average molecular weight is 350 g/mol. The number of thioether (sulfide) groups is 1. The molecule has 0 radical (unpaired) electrons. The Kier molecular flexibility index (Phi) is 6.06. The number of pyridine rings is 1. The minimum absolute atomic E-state index is 0.167. The number of rotatable bonds is 7. The predicted octanol–water partition coefficient (Wildman–Crippen LogP) is 4.51. The van der Waals surface area contributed by atoms with E-state index in [0.717, 1.165) is 11.5 Å². The monoisotopic (exact) mass is 350 g/mol. The second kappa shape index (κ2) is 8.89. The van der Waals surface area contributed by atoms with E-state index in [1.54, 1.807) is 48.4 Å². The third-order valence-corrected chi connectivity index (χ3v) is 4.38. The lowest BCUT2D eigenvalue weighted by Gasteiger charge is -2.08. The number of amides is 1. The Morgan fingerprint density at radius 2 is 1.80 bits per heavy atom. The number of nitrogens with zero attached hydrogens (tertiary/aromatic N) is 1. The van der Waals surface area contributed by atoms with Gasteiger partial charge in [-0.05, 0) is 48.5 Å². The van der Waals surface area contributed by atoms with E-state index in [0.29, 0.717) is 17.9 Å². The maximum atomic E-state index is 12.2. The van der Waals surface area contributed by atoms with Crippen molar-refractivity contribution in [2.24, 2.45) is 0 Å². The average Bonchev–Trinajstić information content (AvgIpc) is 2.67. The summed E-state index contributed by atoms with van der Waals surface area (Å²) in [7, 11) is 0. The first-order valence-electron chi connectivity index (χ1n) is 7.93. The highest BCUT2D eigenvalue weighted by atomic mass is 32.2. The molecule has 1 N–H and O–H groups in total. The summed E-state index contributed by atoms with van der Waals surface area (Å²) in [6.45, 7) is 0.612. The molecule has 0 unspecified atom stereocenters. The van der Waals surface area contributed by atoms with Crippen LogP contribution in [0.2, 0.25) is 0 Å². The largest absolute Gasteiger partial charge is 0.493 e. The quantitative estimate of drug-likeness (QED) is 0.503. The lowest BCUT2D eigenvalue weighted by molar-refractivity contribution is 0.102. The molecule has 1 heterocycles. The minimum atomic E-state index is -0.167. The Labute approximate surface area is 151 Å². The zero-order valence-electron chi connectivity index (χ0n) is 13.6. The van der Waals surface area contributed by atoms with Crippen molar-refractivity contribution in [2.75, 3.05) is 17.7 Å². The molecule has 0 aliphatic rings. The van der Waals surface area contributed by atoms with Gasteiger partial charge in [-0.2, -0.15) is 0 Å². The molecule has 1 aromatic heterocycles. The smallest absolute Gasteiger partial charge is 0.255 e. The maximum Gasteiger partial charge on any atom is 0.255 e. The number of hydrogen-bond donors (Lipinski definition) is 1. The summed E-state index contributed by atoms with van der Waals surface area (Å²) >= 11 is 1.75. The van der Waals surface area contributed by atoms with Crippen molar-refractivity contribution in [3.05, 3.63) is 84.7 Å².